The van der Waals surface area contributed by atoms with E-state index in [4.69, 9.17) is 11.6 Å². The summed E-state index contributed by atoms with van der Waals surface area (Å²) in [4.78, 5) is 16.0. The van der Waals surface area contributed by atoms with Gasteiger partial charge in [-0.15, -0.1) is 0 Å². The number of halogens is 4. The molecule has 1 N–H and O–H groups in total. The van der Waals surface area contributed by atoms with Crippen LogP contribution in [0.1, 0.15) is 18.4 Å². The lowest BCUT2D eigenvalue weighted by Gasteiger charge is -2.16. The van der Waals surface area contributed by atoms with Crippen molar-refractivity contribution in [2.24, 2.45) is 5.41 Å². The highest BCUT2D eigenvalue weighted by Crippen LogP contribution is 2.46. The predicted molar refractivity (Wildman–Crippen MR) is 97.5 cm³/mol. The first-order valence-electron chi connectivity index (χ1n) is 8.13. The number of hydrogen-bond donors (Lipinski definition) is 1. The molecule has 0 amide bonds. The lowest BCUT2D eigenvalue weighted by atomic mass is 10.1. The Morgan fingerprint density at radius 3 is 2.46 bits per heavy atom. The van der Waals surface area contributed by atoms with E-state index in [0.29, 0.717) is 12.7 Å². The van der Waals surface area contributed by atoms with Crippen LogP contribution in [0.2, 0.25) is 5.02 Å². The molecule has 1 aliphatic carbocycles. The maximum absolute atomic E-state index is 12.6. The summed E-state index contributed by atoms with van der Waals surface area (Å²) in [7, 11) is -3.14. The third-order valence-electron chi connectivity index (χ3n) is 4.39. The number of anilines is 1. The van der Waals surface area contributed by atoms with E-state index >= 15 is 0 Å². The van der Waals surface area contributed by atoms with Gasteiger partial charge in [0.05, 0.1) is 23.2 Å². The van der Waals surface area contributed by atoms with Gasteiger partial charge in [0, 0.05) is 24.4 Å². The fourth-order valence-electron chi connectivity index (χ4n) is 2.79. The molecule has 1 saturated carbocycles. The number of nitrogens with one attached hydrogen (secondary N) is 1. The van der Waals surface area contributed by atoms with E-state index in [2.05, 4.69) is 15.4 Å². The fraction of sp³-hybridized carbons (Fsp3) is 0.438. The van der Waals surface area contributed by atoms with Gasteiger partial charge in [0.2, 0.25) is 0 Å². The molecule has 0 unspecified atom stereocenters. The Labute approximate surface area is 163 Å². The van der Waals surface area contributed by atoms with Crippen LogP contribution in [-0.2, 0) is 16.0 Å². The summed E-state index contributed by atoms with van der Waals surface area (Å²) in [6.07, 6.45) is -0.0413. The first-order valence-corrected chi connectivity index (χ1v) is 10.6. The monoisotopic (exact) mass is 436 g/mol. The second-order valence-electron chi connectivity index (χ2n) is 6.92. The largest absolute Gasteiger partial charge is 0.417 e. The molecule has 0 atom stereocenters. The van der Waals surface area contributed by atoms with Gasteiger partial charge in [-0.05, 0) is 25.0 Å². The number of nitrogens with zero attached hydrogens (tertiary/aromatic N) is 3. The Bertz CT molecular complexity index is 1050. The van der Waals surface area contributed by atoms with E-state index in [1.165, 1.54) is 12.5 Å². The molecule has 152 valence electrons. The first-order chi connectivity index (χ1) is 12.9. The van der Waals surface area contributed by atoms with Crippen LogP contribution >= 0.6 is 11.6 Å². The summed E-state index contributed by atoms with van der Waals surface area (Å²) >= 11 is 6.07. The average Bonchev–Trinajstić information content (AvgIpc) is 3.33. The van der Waals surface area contributed by atoms with Crippen molar-refractivity contribution in [3.05, 3.63) is 45.5 Å². The zero-order chi connectivity index (χ0) is 20.7. The lowest BCUT2D eigenvalue weighted by Crippen LogP contribution is -2.27. The van der Waals surface area contributed by atoms with Gasteiger partial charge < -0.3 is 5.32 Å². The van der Waals surface area contributed by atoms with Gasteiger partial charge in [0.1, 0.15) is 14.9 Å². The second kappa shape index (κ2) is 7.03. The van der Waals surface area contributed by atoms with Crippen LogP contribution in [0.15, 0.2) is 29.3 Å². The Hall–Kier alpha value is -2.14. The Kier molecular flexibility index (Phi) is 5.17. The number of aromatic nitrogens is 3. The standard InChI is InChI=1S/C16H16ClF3N4O3S/c1-28(26,27)9-15(4-5-15)8-22-11-7-23-24(14(25)13(11)17)12-3-2-10(6-21-12)16(18,19)20/h2-3,6-7,22H,4-5,8-9H2,1H3. The van der Waals surface area contributed by atoms with E-state index in [0.717, 1.165) is 29.7 Å². The van der Waals surface area contributed by atoms with Gasteiger partial charge in [-0.2, -0.15) is 23.0 Å². The highest BCUT2D eigenvalue weighted by atomic mass is 35.5. The average molecular weight is 437 g/mol. The zero-order valence-corrected chi connectivity index (χ0v) is 16.2. The highest BCUT2D eigenvalue weighted by molar-refractivity contribution is 7.90. The van der Waals surface area contributed by atoms with E-state index < -0.39 is 27.1 Å². The summed E-state index contributed by atoms with van der Waals surface area (Å²) in [5, 5.41) is 6.62. The van der Waals surface area contributed by atoms with Crippen molar-refractivity contribution < 1.29 is 21.6 Å². The summed E-state index contributed by atoms with van der Waals surface area (Å²) in [6.45, 7) is 0.309. The van der Waals surface area contributed by atoms with Crippen molar-refractivity contribution in [2.75, 3.05) is 23.9 Å². The first kappa shape index (κ1) is 20.6. The van der Waals surface area contributed by atoms with Crippen LogP contribution < -0.4 is 10.9 Å². The third kappa shape index (κ3) is 4.64. The zero-order valence-electron chi connectivity index (χ0n) is 14.6. The van der Waals surface area contributed by atoms with Crippen molar-refractivity contribution in [3.8, 4) is 5.82 Å². The molecule has 0 bridgehead atoms. The maximum atomic E-state index is 12.6. The minimum Gasteiger partial charge on any atom is -0.382 e. The van der Waals surface area contributed by atoms with Crippen LogP contribution in [0.3, 0.4) is 0 Å². The summed E-state index contributed by atoms with van der Waals surface area (Å²) in [6, 6.07) is 1.81. The molecule has 7 nitrogen and oxygen atoms in total. The Balaban J connectivity index is 1.79. The fourth-order valence-corrected chi connectivity index (χ4v) is 4.48. The Morgan fingerprint density at radius 2 is 1.96 bits per heavy atom. The summed E-state index contributed by atoms with van der Waals surface area (Å²) < 4.78 is 61.7. The van der Waals surface area contributed by atoms with Crippen molar-refractivity contribution in [3.63, 3.8) is 0 Å². The number of pyridine rings is 1. The third-order valence-corrected chi connectivity index (χ3v) is 5.89. The van der Waals surface area contributed by atoms with Crippen LogP contribution in [0, 0.1) is 5.41 Å². The van der Waals surface area contributed by atoms with Crippen LogP contribution in [0.25, 0.3) is 5.82 Å². The summed E-state index contributed by atoms with van der Waals surface area (Å²) in [5.74, 6) is -0.0768. The molecular weight excluding hydrogens is 421 g/mol. The number of alkyl halides is 3. The van der Waals surface area contributed by atoms with E-state index in [9.17, 15) is 26.4 Å². The van der Waals surface area contributed by atoms with Crippen molar-refractivity contribution in [1.82, 2.24) is 14.8 Å². The van der Waals surface area contributed by atoms with Gasteiger partial charge in [-0.25, -0.2) is 13.4 Å². The minimum absolute atomic E-state index is 0.0323. The van der Waals surface area contributed by atoms with Crippen LogP contribution in [-0.4, -0.2) is 41.7 Å². The minimum atomic E-state index is -4.54. The van der Waals surface area contributed by atoms with E-state index in [1.807, 2.05) is 0 Å². The van der Waals surface area contributed by atoms with E-state index in [-0.39, 0.29) is 27.7 Å². The van der Waals surface area contributed by atoms with Crippen LogP contribution in [0.5, 0.6) is 0 Å². The van der Waals surface area contributed by atoms with Gasteiger partial charge >= 0.3 is 6.18 Å². The van der Waals surface area contributed by atoms with Crippen LogP contribution in [0.4, 0.5) is 18.9 Å². The van der Waals surface area contributed by atoms with Crippen molar-refractivity contribution >= 4 is 27.1 Å². The van der Waals surface area contributed by atoms with E-state index in [1.54, 1.807) is 0 Å². The second-order valence-corrected chi connectivity index (χ2v) is 9.43. The number of sulfone groups is 1. The predicted octanol–water partition coefficient (Wildman–Crippen LogP) is 2.54. The smallest absolute Gasteiger partial charge is 0.382 e. The molecule has 0 aliphatic heterocycles. The molecule has 0 spiro atoms. The molecule has 0 aromatic carbocycles. The molecule has 12 heteroatoms. The van der Waals surface area contributed by atoms with Crippen molar-refractivity contribution in [1.29, 1.82) is 0 Å². The molecule has 0 radical (unpaired) electrons. The van der Waals surface area contributed by atoms with Gasteiger partial charge in [0.15, 0.2) is 5.82 Å². The molecule has 0 saturated heterocycles. The molecule has 2 heterocycles. The molecule has 3 rings (SSSR count). The number of hydrogen-bond acceptors (Lipinski definition) is 6. The lowest BCUT2D eigenvalue weighted by molar-refractivity contribution is -0.137. The normalized spacial score (nSPS) is 16.0. The molecule has 1 aliphatic rings. The molecule has 28 heavy (non-hydrogen) atoms. The quantitative estimate of drug-likeness (QED) is 0.748. The molecule has 1 fully saturated rings. The molecular formula is C16H16ClF3N4O3S. The molecule has 2 aromatic rings. The topological polar surface area (TPSA) is 93.9 Å². The molecule has 2 aromatic heterocycles. The number of rotatable bonds is 6. The SMILES string of the molecule is CS(=O)(=O)CC1(CNc2cnn(-c3ccc(C(F)(F)F)cn3)c(=O)c2Cl)CC1. The van der Waals surface area contributed by atoms with Crippen molar-refractivity contribution in [2.45, 2.75) is 19.0 Å². The maximum Gasteiger partial charge on any atom is 0.417 e. The van der Waals surface area contributed by atoms with Gasteiger partial charge in [-0.3, -0.25) is 4.79 Å². The van der Waals surface area contributed by atoms with Gasteiger partial charge in [-0.1, -0.05) is 11.6 Å². The highest BCUT2D eigenvalue weighted by Gasteiger charge is 2.45. The summed E-state index contributed by atoms with van der Waals surface area (Å²) in [5.41, 5.74) is -1.88. The Morgan fingerprint density at radius 1 is 1.29 bits per heavy atom. The van der Waals surface area contributed by atoms with Gasteiger partial charge in [0.25, 0.3) is 5.56 Å².